The Morgan fingerprint density at radius 1 is 1.53 bits per heavy atom. The van der Waals surface area contributed by atoms with Crippen LogP contribution in [0.25, 0.3) is 0 Å². The van der Waals surface area contributed by atoms with E-state index >= 15 is 0 Å². The van der Waals surface area contributed by atoms with Crippen LogP contribution >= 0.6 is 11.6 Å². The van der Waals surface area contributed by atoms with Crippen LogP contribution in [0.2, 0.25) is 5.02 Å². The number of hydrogen-bond donors (Lipinski definition) is 0. The van der Waals surface area contributed by atoms with Gasteiger partial charge < -0.3 is 4.74 Å². The van der Waals surface area contributed by atoms with Crippen molar-refractivity contribution in [1.82, 2.24) is 4.98 Å². The molecule has 0 aromatic carbocycles. The quantitative estimate of drug-likeness (QED) is 0.783. The van der Waals surface area contributed by atoms with Gasteiger partial charge in [0.15, 0.2) is 5.78 Å². The highest BCUT2D eigenvalue weighted by Crippen LogP contribution is 2.31. The molecule has 0 unspecified atom stereocenters. The molecule has 0 saturated carbocycles. The van der Waals surface area contributed by atoms with Gasteiger partial charge in [-0.25, -0.2) is 0 Å². The summed E-state index contributed by atoms with van der Waals surface area (Å²) in [7, 11) is 1.39. The van der Waals surface area contributed by atoms with E-state index in [0.29, 0.717) is 6.20 Å². The first-order valence-corrected chi connectivity index (χ1v) is 5.62. The van der Waals surface area contributed by atoms with E-state index < -0.39 is 11.7 Å². The summed E-state index contributed by atoms with van der Waals surface area (Å²) in [5.41, 5.74) is -0.628. The van der Waals surface area contributed by atoms with Crippen molar-refractivity contribution in [1.29, 1.82) is 0 Å². The minimum atomic E-state index is -4.47. The van der Waals surface area contributed by atoms with E-state index in [4.69, 9.17) is 11.6 Å². The number of alkyl halides is 3. The Hall–Kier alpha value is -1.40. The fraction of sp³-hybridized carbons (Fsp3) is 0.333. The number of ether oxygens (including phenoxy) is 1. The lowest BCUT2D eigenvalue weighted by atomic mass is 10.2. The van der Waals surface area contributed by atoms with Crippen LogP contribution < -0.4 is 0 Å². The molecule has 0 aliphatic rings. The van der Waals surface area contributed by atoms with Gasteiger partial charge in [0.25, 0.3) is 0 Å². The Balaban J connectivity index is 2.73. The minimum absolute atomic E-state index is 0.0509. The number of pyridine rings is 1. The Labute approximate surface area is 113 Å². The molecule has 3 nitrogen and oxygen atoms in total. The molecule has 19 heavy (non-hydrogen) atoms. The number of halogens is 4. The second-order valence-electron chi connectivity index (χ2n) is 3.66. The molecule has 1 rings (SSSR count). The first-order valence-electron chi connectivity index (χ1n) is 5.24. The maximum atomic E-state index is 12.4. The van der Waals surface area contributed by atoms with E-state index in [1.54, 1.807) is 0 Å². The molecule has 0 atom stereocenters. The molecular formula is C12H11ClF3NO2. The minimum Gasteiger partial charge on any atom is -0.377 e. The molecule has 0 aliphatic heterocycles. The molecule has 0 aliphatic carbocycles. The van der Waals surface area contributed by atoms with Crippen molar-refractivity contribution in [2.24, 2.45) is 0 Å². The summed E-state index contributed by atoms with van der Waals surface area (Å²) in [6, 6.07) is 0.814. The summed E-state index contributed by atoms with van der Waals surface area (Å²) in [4.78, 5) is 14.7. The SMILES string of the molecule is COCC(=O)/C=C/Cc1ncc(C(F)(F)F)cc1Cl. The van der Waals surface area contributed by atoms with Gasteiger partial charge in [0.05, 0.1) is 16.3 Å². The van der Waals surface area contributed by atoms with Crippen LogP contribution in [-0.4, -0.2) is 24.5 Å². The van der Waals surface area contributed by atoms with Crippen LogP contribution in [-0.2, 0) is 22.1 Å². The Morgan fingerprint density at radius 3 is 2.74 bits per heavy atom. The number of carbonyl (C=O) groups excluding carboxylic acids is 1. The lowest BCUT2D eigenvalue weighted by molar-refractivity contribution is -0.137. The van der Waals surface area contributed by atoms with Gasteiger partial charge in [-0.05, 0) is 12.1 Å². The first kappa shape index (κ1) is 15.7. The summed E-state index contributed by atoms with van der Waals surface area (Å²) >= 11 is 5.71. The van der Waals surface area contributed by atoms with Crippen molar-refractivity contribution in [2.75, 3.05) is 13.7 Å². The predicted molar refractivity (Wildman–Crippen MR) is 64.0 cm³/mol. The van der Waals surface area contributed by atoms with Crippen molar-refractivity contribution in [3.63, 3.8) is 0 Å². The van der Waals surface area contributed by atoms with E-state index in [1.807, 2.05) is 0 Å². The summed E-state index contributed by atoms with van der Waals surface area (Å²) in [6.07, 6.45) is -0.833. The second kappa shape index (κ2) is 6.68. The van der Waals surface area contributed by atoms with Gasteiger partial charge in [-0.15, -0.1) is 0 Å². The van der Waals surface area contributed by atoms with Gasteiger partial charge in [-0.2, -0.15) is 13.2 Å². The third kappa shape index (κ3) is 5.00. The number of nitrogens with zero attached hydrogens (tertiary/aromatic N) is 1. The molecule has 0 saturated heterocycles. The molecular weight excluding hydrogens is 283 g/mol. The van der Waals surface area contributed by atoms with E-state index in [0.717, 1.165) is 6.07 Å². The molecule has 1 aromatic rings. The van der Waals surface area contributed by atoms with Crippen molar-refractivity contribution in [2.45, 2.75) is 12.6 Å². The number of carbonyl (C=O) groups is 1. The molecule has 0 amide bonds. The maximum Gasteiger partial charge on any atom is 0.417 e. The zero-order valence-corrected chi connectivity index (χ0v) is 10.8. The average Bonchev–Trinajstić information content (AvgIpc) is 2.30. The van der Waals surface area contributed by atoms with E-state index in [2.05, 4.69) is 9.72 Å². The van der Waals surface area contributed by atoms with Crippen LogP contribution in [0, 0.1) is 0 Å². The molecule has 1 aromatic heterocycles. The third-order valence-corrected chi connectivity index (χ3v) is 2.47. The summed E-state index contributed by atoms with van der Waals surface area (Å²) < 4.78 is 41.7. The van der Waals surface area contributed by atoms with Crippen molar-refractivity contribution >= 4 is 17.4 Å². The highest BCUT2D eigenvalue weighted by Gasteiger charge is 2.31. The first-order chi connectivity index (χ1) is 8.84. The Bertz CT molecular complexity index is 486. The number of aromatic nitrogens is 1. The van der Waals surface area contributed by atoms with Crippen LogP contribution in [0.5, 0.6) is 0 Å². The number of methoxy groups -OCH3 is 1. The van der Waals surface area contributed by atoms with Gasteiger partial charge >= 0.3 is 6.18 Å². The molecule has 0 fully saturated rings. The molecule has 7 heteroatoms. The van der Waals surface area contributed by atoms with Crippen molar-refractivity contribution in [3.05, 3.63) is 40.7 Å². The number of allylic oxidation sites excluding steroid dienone is 1. The fourth-order valence-corrected chi connectivity index (χ4v) is 1.51. The number of ketones is 1. The van der Waals surface area contributed by atoms with Crippen molar-refractivity contribution in [3.8, 4) is 0 Å². The zero-order valence-electron chi connectivity index (χ0n) is 10.00. The normalized spacial score (nSPS) is 12.1. The standard InChI is InChI=1S/C12H11ClF3NO2/c1-19-7-9(18)3-2-4-11-10(13)5-8(6-17-11)12(14,15)16/h2-3,5-6H,4,7H2,1H3/b3-2+. The van der Waals surface area contributed by atoms with Crippen LogP contribution in [0.15, 0.2) is 24.4 Å². The second-order valence-corrected chi connectivity index (χ2v) is 4.06. The molecule has 0 bridgehead atoms. The Kier molecular flexibility index (Phi) is 5.50. The third-order valence-electron chi connectivity index (χ3n) is 2.15. The molecule has 104 valence electrons. The highest BCUT2D eigenvalue weighted by molar-refractivity contribution is 6.31. The molecule has 0 N–H and O–H groups in total. The molecule has 0 spiro atoms. The predicted octanol–water partition coefficient (Wildman–Crippen LogP) is 3.07. The van der Waals surface area contributed by atoms with E-state index in [-0.39, 0.29) is 29.5 Å². The lowest BCUT2D eigenvalue weighted by Crippen LogP contribution is -2.06. The smallest absolute Gasteiger partial charge is 0.377 e. The Morgan fingerprint density at radius 2 is 2.21 bits per heavy atom. The topological polar surface area (TPSA) is 39.2 Å². The van der Waals surface area contributed by atoms with Gasteiger partial charge in [-0.1, -0.05) is 17.7 Å². The maximum absolute atomic E-state index is 12.4. The van der Waals surface area contributed by atoms with Gasteiger partial charge in [0.2, 0.25) is 0 Å². The summed E-state index contributed by atoms with van der Waals surface area (Å²) in [5.74, 6) is -0.245. The highest BCUT2D eigenvalue weighted by atomic mass is 35.5. The largest absolute Gasteiger partial charge is 0.417 e. The zero-order chi connectivity index (χ0) is 14.5. The van der Waals surface area contributed by atoms with E-state index in [1.165, 1.54) is 19.3 Å². The lowest BCUT2D eigenvalue weighted by Gasteiger charge is -2.07. The van der Waals surface area contributed by atoms with Crippen molar-refractivity contribution < 1.29 is 22.7 Å². The molecule has 0 radical (unpaired) electrons. The molecule has 1 heterocycles. The summed E-state index contributed by atoms with van der Waals surface area (Å²) in [5, 5.41) is -0.0846. The number of rotatable bonds is 5. The van der Waals surface area contributed by atoms with Crippen LogP contribution in [0.1, 0.15) is 11.3 Å². The average molecular weight is 294 g/mol. The van der Waals surface area contributed by atoms with Gasteiger partial charge in [0, 0.05) is 19.7 Å². The van der Waals surface area contributed by atoms with E-state index in [9.17, 15) is 18.0 Å². The van der Waals surface area contributed by atoms with Crippen LogP contribution in [0.3, 0.4) is 0 Å². The van der Waals surface area contributed by atoms with Gasteiger partial charge in [-0.3, -0.25) is 9.78 Å². The summed E-state index contributed by atoms with van der Waals surface area (Å²) in [6.45, 7) is -0.0509. The van der Waals surface area contributed by atoms with Gasteiger partial charge in [0.1, 0.15) is 6.61 Å². The monoisotopic (exact) mass is 293 g/mol. The van der Waals surface area contributed by atoms with Crippen LogP contribution in [0.4, 0.5) is 13.2 Å². The fourth-order valence-electron chi connectivity index (χ4n) is 1.26. The number of hydrogen-bond acceptors (Lipinski definition) is 3.